The van der Waals surface area contributed by atoms with Crippen LogP contribution in [0.3, 0.4) is 0 Å². The van der Waals surface area contributed by atoms with Crippen molar-refractivity contribution < 1.29 is 8.42 Å². The van der Waals surface area contributed by atoms with Gasteiger partial charge in [-0.1, -0.05) is 0 Å². The van der Waals surface area contributed by atoms with Crippen LogP contribution in [0.5, 0.6) is 0 Å². The van der Waals surface area contributed by atoms with Crippen molar-refractivity contribution in [3.05, 3.63) is 21.9 Å². The van der Waals surface area contributed by atoms with Crippen LogP contribution in [0.15, 0.2) is 12.1 Å². The lowest BCUT2D eigenvalue weighted by Gasteiger charge is -2.08. The Kier molecular flexibility index (Phi) is 4.31. The molecule has 15 heavy (non-hydrogen) atoms. The summed E-state index contributed by atoms with van der Waals surface area (Å²) in [6.45, 7) is 2.04. The Morgan fingerprint density at radius 2 is 2.13 bits per heavy atom. The van der Waals surface area contributed by atoms with Gasteiger partial charge in [-0.15, -0.1) is 11.3 Å². The van der Waals surface area contributed by atoms with Gasteiger partial charge in [-0.3, -0.25) is 0 Å². The van der Waals surface area contributed by atoms with Gasteiger partial charge < -0.3 is 5.73 Å². The third-order valence-electron chi connectivity index (χ3n) is 2.16. The molecule has 0 aliphatic heterocycles. The van der Waals surface area contributed by atoms with E-state index >= 15 is 0 Å². The lowest BCUT2D eigenvalue weighted by molar-refractivity contribution is 0.589. The molecular formula is C10H17NO2S2. The second kappa shape index (κ2) is 5.09. The maximum Gasteiger partial charge on any atom is 0.147 e. The summed E-state index contributed by atoms with van der Waals surface area (Å²) in [6.07, 6.45) is 2.62. The van der Waals surface area contributed by atoms with E-state index in [1.807, 2.05) is 19.1 Å². The van der Waals surface area contributed by atoms with Crippen LogP contribution >= 0.6 is 11.3 Å². The molecule has 1 heterocycles. The second-order valence-electron chi connectivity index (χ2n) is 3.83. The predicted molar refractivity (Wildman–Crippen MR) is 64.9 cm³/mol. The number of aryl methyl sites for hydroxylation is 1. The van der Waals surface area contributed by atoms with E-state index in [1.165, 1.54) is 11.1 Å². The van der Waals surface area contributed by atoms with E-state index in [0.717, 1.165) is 11.3 Å². The molecular weight excluding hydrogens is 230 g/mol. The molecule has 0 bridgehead atoms. The van der Waals surface area contributed by atoms with Gasteiger partial charge in [0, 0.05) is 27.8 Å². The normalized spacial score (nSPS) is 14.1. The molecule has 0 aliphatic carbocycles. The number of hydrogen-bond acceptors (Lipinski definition) is 4. The highest BCUT2D eigenvalue weighted by molar-refractivity contribution is 7.90. The van der Waals surface area contributed by atoms with Crippen LogP contribution in [0.4, 0.5) is 0 Å². The largest absolute Gasteiger partial charge is 0.323 e. The quantitative estimate of drug-likeness (QED) is 0.864. The van der Waals surface area contributed by atoms with Crippen LogP contribution in [0, 0.1) is 6.92 Å². The molecule has 5 heteroatoms. The fourth-order valence-electron chi connectivity index (χ4n) is 1.36. The SMILES string of the molecule is Cc1ccc(C(N)CCCS(C)(=O)=O)s1. The average molecular weight is 247 g/mol. The van der Waals surface area contributed by atoms with Gasteiger partial charge >= 0.3 is 0 Å². The lowest BCUT2D eigenvalue weighted by atomic mass is 10.1. The number of nitrogens with two attached hydrogens (primary N) is 1. The zero-order chi connectivity index (χ0) is 11.5. The average Bonchev–Trinajstić information content (AvgIpc) is 2.49. The highest BCUT2D eigenvalue weighted by Gasteiger charge is 2.09. The van der Waals surface area contributed by atoms with E-state index < -0.39 is 9.84 Å². The van der Waals surface area contributed by atoms with Crippen molar-refractivity contribution >= 4 is 21.2 Å². The van der Waals surface area contributed by atoms with Crippen molar-refractivity contribution in [2.45, 2.75) is 25.8 Å². The van der Waals surface area contributed by atoms with Crippen LogP contribution in [0.25, 0.3) is 0 Å². The minimum Gasteiger partial charge on any atom is -0.323 e. The van der Waals surface area contributed by atoms with E-state index in [2.05, 4.69) is 0 Å². The van der Waals surface area contributed by atoms with E-state index in [9.17, 15) is 8.42 Å². The Morgan fingerprint density at radius 3 is 2.60 bits per heavy atom. The van der Waals surface area contributed by atoms with Crippen LogP contribution in [0.2, 0.25) is 0 Å². The van der Waals surface area contributed by atoms with E-state index in [4.69, 9.17) is 5.73 Å². The Labute approximate surface area is 95.2 Å². The van der Waals surface area contributed by atoms with Crippen LogP contribution < -0.4 is 5.73 Å². The summed E-state index contributed by atoms with van der Waals surface area (Å²) in [6, 6.07) is 4.03. The molecule has 1 aromatic heterocycles. The zero-order valence-corrected chi connectivity index (χ0v) is 10.7. The Morgan fingerprint density at radius 1 is 1.47 bits per heavy atom. The fraction of sp³-hybridized carbons (Fsp3) is 0.600. The van der Waals surface area contributed by atoms with Crippen LogP contribution in [-0.2, 0) is 9.84 Å². The standard InChI is InChI=1S/C10H17NO2S2/c1-8-5-6-10(14-8)9(11)4-3-7-15(2,12)13/h5-6,9H,3-4,7,11H2,1-2H3. The fourth-order valence-corrected chi connectivity index (χ4v) is 2.96. The molecule has 1 rings (SSSR count). The number of sulfone groups is 1. The minimum atomic E-state index is -2.85. The monoisotopic (exact) mass is 247 g/mol. The molecule has 0 saturated carbocycles. The van der Waals surface area contributed by atoms with Gasteiger partial charge in [0.05, 0.1) is 0 Å². The van der Waals surface area contributed by atoms with E-state index in [-0.39, 0.29) is 11.8 Å². The smallest absolute Gasteiger partial charge is 0.147 e. The molecule has 3 nitrogen and oxygen atoms in total. The molecule has 2 N–H and O–H groups in total. The molecule has 1 aromatic rings. The third kappa shape index (κ3) is 4.77. The maximum absolute atomic E-state index is 10.9. The highest BCUT2D eigenvalue weighted by Crippen LogP contribution is 2.24. The van der Waals surface area contributed by atoms with Gasteiger partial charge in [0.1, 0.15) is 9.84 Å². The summed E-state index contributed by atoms with van der Waals surface area (Å²) >= 11 is 1.68. The van der Waals surface area contributed by atoms with Crippen molar-refractivity contribution in [3.63, 3.8) is 0 Å². The molecule has 1 unspecified atom stereocenters. The molecule has 0 fully saturated rings. The minimum absolute atomic E-state index is 0.0227. The summed E-state index contributed by atoms with van der Waals surface area (Å²) in [5.74, 6) is 0.227. The number of rotatable bonds is 5. The van der Waals surface area contributed by atoms with Crippen molar-refractivity contribution in [1.82, 2.24) is 0 Å². The van der Waals surface area contributed by atoms with Gasteiger partial charge in [0.15, 0.2) is 0 Å². The third-order valence-corrected chi connectivity index (χ3v) is 4.32. The van der Waals surface area contributed by atoms with E-state index in [0.29, 0.717) is 6.42 Å². The Balaban J connectivity index is 2.40. The van der Waals surface area contributed by atoms with E-state index in [1.54, 1.807) is 11.3 Å². The highest BCUT2D eigenvalue weighted by atomic mass is 32.2. The molecule has 0 radical (unpaired) electrons. The zero-order valence-electron chi connectivity index (χ0n) is 9.06. The van der Waals surface area contributed by atoms with Crippen molar-refractivity contribution in [1.29, 1.82) is 0 Å². The van der Waals surface area contributed by atoms with Crippen LogP contribution in [-0.4, -0.2) is 20.4 Å². The summed E-state index contributed by atoms with van der Waals surface area (Å²) < 4.78 is 21.8. The van der Waals surface area contributed by atoms with Crippen molar-refractivity contribution in [2.75, 3.05) is 12.0 Å². The summed E-state index contributed by atoms with van der Waals surface area (Å²) in [7, 11) is -2.85. The molecule has 0 spiro atoms. The second-order valence-corrected chi connectivity index (χ2v) is 7.41. The molecule has 0 saturated heterocycles. The van der Waals surface area contributed by atoms with Crippen LogP contribution in [0.1, 0.15) is 28.6 Å². The van der Waals surface area contributed by atoms with Gasteiger partial charge in [0.25, 0.3) is 0 Å². The molecule has 0 aliphatic rings. The first-order valence-corrected chi connectivity index (χ1v) is 7.76. The van der Waals surface area contributed by atoms with Crippen molar-refractivity contribution in [3.8, 4) is 0 Å². The first-order chi connectivity index (χ1) is 6.88. The Hall–Kier alpha value is -0.390. The topological polar surface area (TPSA) is 60.2 Å². The van der Waals surface area contributed by atoms with Gasteiger partial charge in [-0.25, -0.2) is 8.42 Å². The maximum atomic E-state index is 10.9. The first-order valence-electron chi connectivity index (χ1n) is 4.88. The molecule has 0 amide bonds. The van der Waals surface area contributed by atoms with Gasteiger partial charge in [-0.2, -0.15) is 0 Å². The van der Waals surface area contributed by atoms with Gasteiger partial charge in [-0.05, 0) is 31.9 Å². The predicted octanol–water partition coefficient (Wildman–Crippen LogP) is 1.88. The molecule has 1 atom stereocenters. The summed E-state index contributed by atoms with van der Waals surface area (Å²) in [4.78, 5) is 2.38. The number of thiophene rings is 1. The first kappa shape index (κ1) is 12.7. The van der Waals surface area contributed by atoms with Crippen molar-refractivity contribution in [2.24, 2.45) is 5.73 Å². The summed E-state index contributed by atoms with van der Waals surface area (Å²) in [5.41, 5.74) is 5.95. The summed E-state index contributed by atoms with van der Waals surface area (Å²) in [5, 5.41) is 0. The number of hydrogen-bond donors (Lipinski definition) is 1. The lowest BCUT2D eigenvalue weighted by Crippen LogP contribution is -2.11. The van der Waals surface area contributed by atoms with Gasteiger partial charge in [0.2, 0.25) is 0 Å². The Bertz CT molecular complexity index is 409. The molecule has 0 aromatic carbocycles. The molecule has 86 valence electrons.